The maximum absolute atomic E-state index is 12.9. The molecule has 0 saturated carbocycles. The van der Waals surface area contributed by atoms with E-state index >= 15 is 0 Å². The Morgan fingerprint density at radius 1 is 0.931 bits per heavy atom. The van der Waals surface area contributed by atoms with Crippen LogP contribution in [0.2, 0.25) is 0 Å². The molecule has 2 aromatic carbocycles. The Labute approximate surface area is 173 Å². The molecule has 0 saturated heterocycles. The second kappa shape index (κ2) is 9.12. The molecule has 2 N–H and O–H groups in total. The minimum absolute atomic E-state index is 0.0943. The number of aryl methyl sites for hydroxylation is 1. The van der Waals surface area contributed by atoms with Gasteiger partial charge in [-0.15, -0.1) is 11.3 Å². The van der Waals surface area contributed by atoms with Crippen LogP contribution < -0.4 is 10.6 Å². The molecular weight excluding hydrogens is 384 g/mol. The lowest BCUT2D eigenvalue weighted by Crippen LogP contribution is -2.30. The SMILES string of the molecule is CC(=O)c1cccc(NC(=O)/C(=C\c2cccs2)NC(=O)c2ccc(C)cc2)c1. The van der Waals surface area contributed by atoms with Gasteiger partial charge in [0.15, 0.2) is 5.78 Å². The fraction of sp³-hybridized carbons (Fsp3) is 0.0870. The van der Waals surface area contributed by atoms with Crippen LogP contribution in [0.4, 0.5) is 5.69 Å². The van der Waals surface area contributed by atoms with E-state index in [1.165, 1.54) is 18.3 Å². The van der Waals surface area contributed by atoms with Gasteiger partial charge in [-0.1, -0.05) is 35.9 Å². The average Bonchev–Trinajstić information content (AvgIpc) is 3.21. The summed E-state index contributed by atoms with van der Waals surface area (Å²) in [5, 5.41) is 7.33. The van der Waals surface area contributed by atoms with E-state index < -0.39 is 5.91 Å². The predicted molar refractivity (Wildman–Crippen MR) is 116 cm³/mol. The summed E-state index contributed by atoms with van der Waals surface area (Å²) in [6, 6.07) is 17.5. The van der Waals surface area contributed by atoms with Gasteiger partial charge in [-0.05, 0) is 55.6 Å². The van der Waals surface area contributed by atoms with Gasteiger partial charge < -0.3 is 10.6 Å². The van der Waals surface area contributed by atoms with Crippen molar-refractivity contribution in [3.05, 3.63) is 93.3 Å². The van der Waals surface area contributed by atoms with Gasteiger partial charge in [0, 0.05) is 21.7 Å². The quantitative estimate of drug-likeness (QED) is 0.463. The number of nitrogens with one attached hydrogen (secondary N) is 2. The standard InChI is InChI=1S/C23H20N2O3S/c1-15-8-10-17(11-9-15)22(27)25-21(14-20-7-4-12-29-20)23(28)24-19-6-3-5-18(13-19)16(2)26/h3-14H,1-2H3,(H,24,28)(H,25,27)/b21-14+. The predicted octanol–water partition coefficient (Wildman–Crippen LogP) is 4.67. The molecular formula is C23H20N2O3S. The van der Waals surface area contributed by atoms with E-state index in [1.807, 2.05) is 36.6 Å². The van der Waals surface area contributed by atoms with Crippen molar-refractivity contribution in [2.24, 2.45) is 0 Å². The number of hydrogen-bond acceptors (Lipinski definition) is 4. The zero-order valence-corrected chi connectivity index (χ0v) is 16.9. The van der Waals surface area contributed by atoms with Crippen LogP contribution in [-0.4, -0.2) is 17.6 Å². The van der Waals surface area contributed by atoms with E-state index in [4.69, 9.17) is 0 Å². The van der Waals surface area contributed by atoms with Gasteiger partial charge in [0.2, 0.25) is 0 Å². The second-order valence-electron chi connectivity index (χ2n) is 6.48. The van der Waals surface area contributed by atoms with Gasteiger partial charge >= 0.3 is 0 Å². The summed E-state index contributed by atoms with van der Waals surface area (Å²) in [6.45, 7) is 3.40. The van der Waals surface area contributed by atoms with Gasteiger partial charge in [0.25, 0.3) is 11.8 Å². The number of Topliss-reactive ketones (excluding diaryl/α,β-unsaturated/α-hetero) is 1. The number of rotatable bonds is 6. The highest BCUT2D eigenvalue weighted by molar-refractivity contribution is 7.10. The van der Waals surface area contributed by atoms with Gasteiger partial charge in [-0.3, -0.25) is 14.4 Å². The van der Waals surface area contributed by atoms with E-state index in [0.717, 1.165) is 10.4 Å². The summed E-state index contributed by atoms with van der Waals surface area (Å²) in [5.41, 5.74) is 2.59. The third kappa shape index (κ3) is 5.49. The van der Waals surface area contributed by atoms with Crippen LogP contribution in [0, 0.1) is 6.92 Å². The van der Waals surface area contributed by atoms with Crippen LogP contribution in [0.5, 0.6) is 0 Å². The first-order valence-electron chi connectivity index (χ1n) is 8.98. The van der Waals surface area contributed by atoms with Gasteiger partial charge in [-0.2, -0.15) is 0 Å². The number of thiophene rings is 1. The number of carbonyl (C=O) groups excluding carboxylic acids is 3. The molecule has 0 fully saturated rings. The third-order valence-corrected chi connectivity index (χ3v) is 4.98. The Kier molecular flexibility index (Phi) is 6.36. The minimum atomic E-state index is -0.473. The largest absolute Gasteiger partial charge is 0.321 e. The van der Waals surface area contributed by atoms with Crippen molar-refractivity contribution < 1.29 is 14.4 Å². The van der Waals surface area contributed by atoms with Crippen molar-refractivity contribution in [3.8, 4) is 0 Å². The molecule has 6 heteroatoms. The summed E-state index contributed by atoms with van der Waals surface area (Å²) in [4.78, 5) is 37.9. The molecule has 5 nitrogen and oxygen atoms in total. The van der Waals surface area contributed by atoms with Crippen LogP contribution in [0.15, 0.2) is 71.7 Å². The summed E-state index contributed by atoms with van der Waals surface area (Å²) in [5.74, 6) is -0.942. The van der Waals surface area contributed by atoms with Gasteiger partial charge in [0.05, 0.1) is 0 Å². The number of hydrogen-bond donors (Lipinski definition) is 2. The Morgan fingerprint density at radius 2 is 1.69 bits per heavy atom. The van der Waals surface area contributed by atoms with Crippen molar-refractivity contribution >= 4 is 40.7 Å². The van der Waals surface area contributed by atoms with Crippen LogP contribution in [0.1, 0.15) is 38.1 Å². The summed E-state index contributed by atoms with van der Waals surface area (Å²) < 4.78 is 0. The molecule has 0 radical (unpaired) electrons. The average molecular weight is 404 g/mol. The number of amides is 2. The first-order chi connectivity index (χ1) is 13.9. The van der Waals surface area contributed by atoms with E-state index in [-0.39, 0.29) is 17.4 Å². The Hall–Kier alpha value is -3.51. The van der Waals surface area contributed by atoms with Crippen molar-refractivity contribution in [1.82, 2.24) is 5.32 Å². The fourth-order valence-corrected chi connectivity index (χ4v) is 3.25. The van der Waals surface area contributed by atoms with E-state index in [9.17, 15) is 14.4 Å². The maximum Gasteiger partial charge on any atom is 0.272 e. The van der Waals surface area contributed by atoms with Crippen molar-refractivity contribution in [1.29, 1.82) is 0 Å². The first kappa shape index (κ1) is 20.2. The van der Waals surface area contributed by atoms with E-state index in [0.29, 0.717) is 16.8 Å². The number of anilines is 1. The summed E-state index contributed by atoms with van der Waals surface area (Å²) >= 11 is 1.45. The van der Waals surface area contributed by atoms with Gasteiger partial charge in [-0.25, -0.2) is 0 Å². The topological polar surface area (TPSA) is 75.3 Å². The summed E-state index contributed by atoms with van der Waals surface area (Å²) in [6.07, 6.45) is 1.63. The Bertz CT molecular complexity index is 1070. The molecule has 3 rings (SSSR count). The first-order valence-corrected chi connectivity index (χ1v) is 9.86. The molecule has 29 heavy (non-hydrogen) atoms. The molecule has 0 unspecified atom stereocenters. The zero-order valence-electron chi connectivity index (χ0n) is 16.1. The fourth-order valence-electron chi connectivity index (χ4n) is 2.59. The molecule has 0 atom stereocenters. The zero-order chi connectivity index (χ0) is 20.8. The van der Waals surface area contributed by atoms with Crippen molar-refractivity contribution in [2.45, 2.75) is 13.8 Å². The van der Waals surface area contributed by atoms with Crippen molar-refractivity contribution in [2.75, 3.05) is 5.32 Å². The maximum atomic E-state index is 12.9. The van der Waals surface area contributed by atoms with Crippen LogP contribution >= 0.6 is 11.3 Å². The lowest BCUT2D eigenvalue weighted by molar-refractivity contribution is -0.113. The molecule has 3 aromatic rings. The molecule has 1 heterocycles. The van der Waals surface area contributed by atoms with Gasteiger partial charge in [0.1, 0.15) is 5.70 Å². The second-order valence-corrected chi connectivity index (χ2v) is 7.46. The number of carbonyl (C=O) groups is 3. The van der Waals surface area contributed by atoms with Crippen LogP contribution in [-0.2, 0) is 4.79 Å². The monoisotopic (exact) mass is 404 g/mol. The normalized spacial score (nSPS) is 11.0. The van der Waals surface area contributed by atoms with Crippen LogP contribution in [0.3, 0.4) is 0 Å². The highest BCUT2D eigenvalue weighted by Crippen LogP contribution is 2.16. The van der Waals surface area contributed by atoms with Crippen LogP contribution in [0.25, 0.3) is 6.08 Å². The molecule has 1 aromatic heterocycles. The Balaban J connectivity index is 1.84. The molecule has 0 aliphatic carbocycles. The lowest BCUT2D eigenvalue weighted by Gasteiger charge is -2.11. The minimum Gasteiger partial charge on any atom is -0.321 e. The van der Waals surface area contributed by atoms with E-state index in [1.54, 1.807) is 42.5 Å². The van der Waals surface area contributed by atoms with E-state index in [2.05, 4.69) is 10.6 Å². The third-order valence-electron chi connectivity index (χ3n) is 4.16. The molecule has 0 aliphatic heterocycles. The molecule has 0 spiro atoms. The molecule has 2 amide bonds. The summed E-state index contributed by atoms with van der Waals surface area (Å²) in [7, 11) is 0. The number of benzene rings is 2. The smallest absolute Gasteiger partial charge is 0.272 e. The molecule has 0 bridgehead atoms. The highest BCUT2D eigenvalue weighted by atomic mass is 32.1. The molecule has 146 valence electrons. The molecule has 0 aliphatic rings. The Morgan fingerprint density at radius 3 is 2.34 bits per heavy atom. The van der Waals surface area contributed by atoms with Crippen molar-refractivity contribution in [3.63, 3.8) is 0 Å². The highest BCUT2D eigenvalue weighted by Gasteiger charge is 2.15. The lowest BCUT2D eigenvalue weighted by atomic mass is 10.1. The number of ketones is 1.